The highest BCUT2D eigenvalue weighted by molar-refractivity contribution is 7.66. The SMILES string of the molecule is Cc1ncc(C[n+]2csc(CCOP(=O)(O)OP(=O)(O)OP(=O)([O-])O)c2C)c(N)n1. The van der Waals surface area contributed by atoms with Gasteiger partial charge in [0.2, 0.25) is 5.51 Å². The minimum atomic E-state index is -5.68. The van der Waals surface area contributed by atoms with Gasteiger partial charge in [0.1, 0.15) is 11.6 Å². The number of hydrogen-bond acceptors (Lipinski definition) is 11. The molecule has 2 aromatic heterocycles. The first kappa shape index (κ1) is 25.2. The second-order valence-electron chi connectivity index (χ2n) is 5.84. The van der Waals surface area contributed by atoms with Crippen LogP contribution in [0.15, 0.2) is 11.7 Å². The summed E-state index contributed by atoms with van der Waals surface area (Å²) in [4.78, 5) is 46.3. The summed E-state index contributed by atoms with van der Waals surface area (Å²) in [6, 6.07) is 0. The van der Waals surface area contributed by atoms with E-state index in [1.54, 1.807) is 25.6 Å². The first-order valence-electron chi connectivity index (χ1n) is 7.98. The summed E-state index contributed by atoms with van der Waals surface area (Å²) < 4.78 is 47.0. The van der Waals surface area contributed by atoms with Crippen molar-refractivity contribution >= 4 is 40.6 Å². The summed E-state index contributed by atoms with van der Waals surface area (Å²) in [5, 5.41) is 0. The lowest BCUT2D eigenvalue weighted by Gasteiger charge is -2.20. The van der Waals surface area contributed by atoms with Crippen molar-refractivity contribution in [3.8, 4) is 0 Å². The Morgan fingerprint density at radius 2 is 1.87 bits per heavy atom. The molecule has 2 heterocycles. The summed E-state index contributed by atoms with van der Waals surface area (Å²) in [5.74, 6) is 0.900. The van der Waals surface area contributed by atoms with E-state index in [-0.39, 0.29) is 6.42 Å². The monoisotopic (exact) mass is 504 g/mol. The number of nitrogens with zero attached hydrogens (tertiary/aromatic N) is 3. The Labute approximate surface area is 174 Å². The van der Waals surface area contributed by atoms with Gasteiger partial charge < -0.3 is 25.3 Å². The summed E-state index contributed by atoms with van der Waals surface area (Å²) in [6.07, 6.45) is 1.75. The molecule has 14 nitrogen and oxygen atoms in total. The van der Waals surface area contributed by atoms with Crippen molar-refractivity contribution in [1.29, 1.82) is 0 Å². The Hall–Kier alpha value is -1.08. The number of rotatable bonds is 10. The first-order chi connectivity index (χ1) is 13.7. The Balaban J connectivity index is 1.96. The zero-order valence-electron chi connectivity index (χ0n) is 15.6. The maximum atomic E-state index is 11.7. The van der Waals surface area contributed by atoms with Gasteiger partial charge in [0.05, 0.1) is 17.0 Å². The molecule has 0 aliphatic heterocycles. The topological polar surface area (TPSA) is 218 Å². The number of aromatic nitrogens is 3. The molecular weight excluding hydrogens is 485 g/mol. The number of nitrogens with two attached hydrogens (primary N) is 1. The van der Waals surface area contributed by atoms with E-state index in [2.05, 4.69) is 23.1 Å². The van der Waals surface area contributed by atoms with E-state index >= 15 is 0 Å². The largest absolute Gasteiger partial charge is 0.756 e. The Bertz CT molecular complexity index is 1060. The quantitative estimate of drug-likeness (QED) is 0.253. The lowest BCUT2D eigenvalue weighted by Crippen LogP contribution is -2.35. The van der Waals surface area contributed by atoms with Gasteiger partial charge in [-0.25, -0.2) is 23.4 Å². The van der Waals surface area contributed by atoms with E-state index in [0.717, 1.165) is 10.6 Å². The van der Waals surface area contributed by atoms with Crippen LogP contribution in [0.2, 0.25) is 0 Å². The van der Waals surface area contributed by atoms with E-state index in [1.165, 1.54) is 11.3 Å². The summed E-state index contributed by atoms with van der Waals surface area (Å²) in [5.41, 5.74) is 9.19. The van der Waals surface area contributed by atoms with Gasteiger partial charge in [-0.15, -0.1) is 0 Å². The molecular formula is C12H19N4O10P3S. The fourth-order valence-electron chi connectivity index (χ4n) is 2.22. The van der Waals surface area contributed by atoms with Crippen molar-refractivity contribution in [2.24, 2.45) is 0 Å². The molecule has 18 heteroatoms. The molecule has 0 aliphatic rings. The van der Waals surface area contributed by atoms with Crippen LogP contribution in [0.4, 0.5) is 5.82 Å². The van der Waals surface area contributed by atoms with Gasteiger partial charge >= 0.3 is 15.6 Å². The summed E-state index contributed by atoms with van der Waals surface area (Å²) in [7, 11) is -16.4. The lowest BCUT2D eigenvalue weighted by atomic mass is 10.2. The fourth-order valence-corrected chi connectivity index (χ4v) is 6.18. The van der Waals surface area contributed by atoms with E-state index in [9.17, 15) is 23.5 Å². The van der Waals surface area contributed by atoms with Crippen LogP contribution in [0.25, 0.3) is 0 Å². The molecule has 3 unspecified atom stereocenters. The molecule has 0 aliphatic carbocycles. The number of aryl methyl sites for hydroxylation is 1. The Morgan fingerprint density at radius 3 is 2.47 bits per heavy atom. The maximum absolute atomic E-state index is 11.7. The number of phosphoric acid groups is 3. The number of hydrogen-bond donors (Lipinski definition) is 4. The van der Waals surface area contributed by atoms with Crippen molar-refractivity contribution < 1.29 is 51.0 Å². The van der Waals surface area contributed by atoms with Crippen molar-refractivity contribution in [2.75, 3.05) is 12.3 Å². The molecule has 2 rings (SSSR count). The third-order valence-electron chi connectivity index (χ3n) is 3.51. The second kappa shape index (κ2) is 9.60. The van der Waals surface area contributed by atoms with Crippen LogP contribution in [0, 0.1) is 13.8 Å². The van der Waals surface area contributed by atoms with Crippen LogP contribution in [0.3, 0.4) is 0 Å². The van der Waals surface area contributed by atoms with Crippen molar-refractivity contribution in [3.05, 3.63) is 33.7 Å². The third kappa shape index (κ3) is 7.88. The average molecular weight is 504 g/mol. The molecule has 0 aromatic carbocycles. The summed E-state index contributed by atoms with van der Waals surface area (Å²) in [6.45, 7) is 3.52. The highest BCUT2D eigenvalue weighted by atomic mass is 32.1. The van der Waals surface area contributed by atoms with Crippen LogP contribution in [-0.2, 0) is 39.8 Å². The molecule has 30 heavy (non-hydrogen) atoms. The van der Waals surface area contributed by atoms with E-state index in [0.29, 0.717) is 23.8 Å². The third-order valence-corrected chi connectivity index (χ3v) is 8.47. The molecule has 0 fully saturated rings. The standard InChI is InChI=1S/C12H19N4O10P3S/c1-8-11(30-7-16(8)6-10-5-14-9(2)15-12(10)13)3-4-24-28(20,21)26-29(22,23)25-27(17,18)19/h5,7H,3-4,6H2,1-2H3,(H5-,13,14,15,17,18,19,20,21,22,23). The summed E-state index contributed by atoms with van der Waals surface area (Å²) >= 11 is 1.33. The lowest BCUT2D eigenvalue weighted by molar-refractivity contribution is -0.689. The zero-order valence-corrected chi connectivity index (χ0v) is 19.1. The van der Waals surface area contributed by atoms with Gasteiger partial charge in [-0.3, -0.25) is 9.09 Å². The molecule has 168 valence electrons. The number of nitrogen functional groups attached to an aromatic ring is 1. The van der Waals surface area contributed by atoms with Crippen LogP contribution in [-0.4, -0.2) is 31.3 Å². The van der Waals surface area contributed by atoms with Gasteiger partial charge in [0.15, 0.2) is 12.2 Å². The van der Waals surface area contributed by atoms with Gasteiger partial charge in [0, 0.05) is 19.5 Å². The Morgan fingerprint density at radius 1 is 1.20 bits per heavy atom. The fraction of sp³-hybridized carbons (Fsp3) is 0.417. The van der Waals surface area contributed by atoms with Crippen molar-refractivity contribution in [3.63, 3.8) is 0 Å². The van der Waals surface area contributed by atoms with E-state index < -0.39 is 30.1 Å². The molecule has 3 atom stereocenters. The second-order valence-corrected chi connectivity index (χ2v) is 11.2. The first-order valence-corrected chi connectivity index (χ1v) is 13.3. The molecule has 0 radical (unpaired) electrons. The van der Waals surface area contributed by atoms with Gasteiger partial charge in [-0.2, -0.15) is 8.88 Å². The highest BCUT2D eigenvalue weighted by Crippen LogP contribution is 2.65. The van der Waals surface area contributed by atoms with Gasteiger partial charge in [0.25, 0.3) is 7.82 Å². The molecule has 2 aromatic rings. The average Bonchev–Trinajstić information content (AvgIpc) is 2.87. The number of thiazole rings is 1. The molecule has 0 bridgehead atoms. The molecule has 0 saturated heterocycles. The maximum Gasteiger partial charge on any atom is 0.487 e. The van der Waals surface area contributed by atoms with Crippen LogP contribution >= 0.6 is 34.8 Å². The number of anilines is 1. The predicted octanol–water partition coefficient (Wildman–Crippen LogP) is 0.327. The normalized spacial score (nSPS) is 17.8. The smallest absolute Gasteiger partial charge is 0.487 e. The van der Waals surface area contributed by atoms with E-state index in [1.807, 2.05) is 4.57 Å². The predicted molar refractivity (Wildman–Crippen MR) is 101 cm³/mol. The van der Waals surface area contributed by atoms with E-state index in [4.69, 9.17) is 15.5 Å². The molecule has 0 saturated carbocycles. The highest BCUT2D eigenvalue weighted by Gasteiger charge is 2.38. The number of phosphoric ester groups is 1. The van der Waals surface area contributed by atoms with Crippen molar-refractivity contribution in [1.82, 2.24) is 9.97 Å². The van der Waals surface area contributed by atoms with Gasteiger partial charge in [-0.1, -0.05) is 11.3 Å². The zero-order chi connectivity index (χ0) is 22.7. The molecule has 0 spiro atoms. The molecule has 5 N–H and O–H groups in total. The minimum Gasteiger partial charge on any atom is -0.756 e. The van der Waals surface area contributed by atoms with Crippen LogP contribution in [0.5, 0.6) is 0 Å². The van der Waals surface area contributed by atoms with Gasteiger partial charge in [-0.05, 0) is 6.92 Å². The molecule has 0 amide bonds. The van der Waals surface area contributed by atoms with Crippen molar-refractivity contribution in [2.45, 2.75) is 26.8 Å². The van der Waals surface area contributed by atoms with Crippen LogP contribution in [0.1, 0.15) is 22.0 Å². The minimum absolute atomic E-state index is 0.133. The van der Waals surface area contributed by atoms with Crippen LogP contribution < -0.4 is 15.2 Å². The Kier molecular flexibility index (Phi) is 8.05.